The molecule has 2 atom stereocenters. The zero-order valence-corrected chi connectivity index (χ0v) is 12.0. The second-order valence-corrected chi connectivity index (χ2v) is 5.95. The van der Waals surface area contributed by atoms with Gasteiger partial charge < -0.3 is 20.5 Å². The summed E-state index contributed by atoms with van der Waals surface area (Å²) in [5.74, 6) is -1.19. The van der Waals surface area contributed by atoms with E-state index >= 15 is 0 Å². The lowest BCUT2D eigenvalue weighted by atomic mass is 10.1. The maximum atomic E-state index is 11.6. The molecule has 0 bridgehead atoms. The lowest BCUT2D eigenvalue weighted by Crippen LogP contribution is -2.49. The van der Waals surface area contributed by atoms with Crippen LogP contribution in [0.15, 0.2) is 0 Å². The van der Waals surface area contributed by atoms with Gasteiger partial charge in [-0.2, -0.15) is 0 Å². The molecule has 0 radical (unpaired) electrons. The molecule has 2 unspecified atom stereocenters. The molecule has 6 heteroatoms. The minimum atomic E-state index is -1.02. The Morgan fingerprint density at radius 3 is 2.47 bits per heavy atom. The van der Waals surface area contributed by atoms with Crippen molar-refractivity contribution in [2.45, 2.75) is 58.3 Å². The van der Waals surface area contributed by atoms with Gasteiger partial charge in [0.1, 0.15) is 6.04 Å². The van der Waals surface area contributed by atoms with Crippen molar-refractivity contribution in [2.24, 2.45) is 5.92 Å². The molecule has 1 aliphatic rings. The number of carboxylic acids is 1. The fourth-order valence-corrected chi connectivity index (χ4v) is 2.13. The van der Waals surface area contributed by atoms with Gasteiger partial charge >= 0.3 is 12.0 Å². The number of rotatable bonds is 5. The quantitative estimate of drug-likeness (QED) is 0.705. The highest BCUT2D eigenvalue weighted by molar-refractivity contribution is 5.82. The van der Waals surface area contributed by atoms with Gasteiger partial charge in [0.25, 0.3) is 0 Å². The third kappa shape index (κ3) is 5.06. The number of aliphatic carboxylic acids is 1. The molecule has 0 aromatic carbocycles. The van der Waals surface area contributed by atoms with Crippen molar-refractivity contribution in [3.05, 3.63) is 0 Å². The van der Waals surface area contributed by atoms with E-state index in [9.17, 15) is 9.59 Å². The largest absolute Gasteiger partial charge is 0.480 e. The van der Waals surface area contributed by atoms with Gasteiger partial charge in [-0.1, -0.05) is 13.8 Å². The molecule has 6 nitrogen and oxygen atoms in total. The summed E-state index contributed by atoms with van der Waals surface area (Å²) in [4.78, 5) is 22.6. The van der Waals surface area contributed by atoms with Gasteiger partial charge in [-0.3, -0.25) is 0 Å². The Morgan fingerprint density at radius 1 is 1.42 bits per heavy atom. The maximum absolute atomic E-state index is 11.6. The van der Waals surface area contributed by atoms with E-state index in [0.29, 0.717) is 6.54 Å². The number of hydrogen-bond acceptors (Lipinski definition) is 3. The molecule has 2 amide bonds. The fraction of sp³-hybridized carbons (Fsp3) is 0.846. The van der Waals surface area contributed by atoms with Crippen LogP contribution in [-0.4, -0.2) is 41.4 Å². The molecule has 0 aliphatic carbocycles. The molecule has 1 aliphatic heterocycles. The number of amides is 2. The van der Waals surface area contributed by atoms with Crippen molar-refractivity contribution >= 4 is 12.0 Å². The van der Waals surface area contributed by atoms with Gasteiger partial charge in [-0.05, 0) is 32.6 Å². The number of nitrogens with one attached hydrogen (secondary N) is 2. The number of ether oxygens (including phenoxy) is 1. The Balaban J connectivity index is 2.34. The Morgan fingerprint density at radius 2 is 2.05 bits per heavy atom. The predicted octanol–water partition coefficient (Wildman–Crippen LogP) is 1.35. The zero-order valence-electron chi connectivity index (χ0n) is 12.0. The van der Waals surface area contributed by atoms with Crippen LogP contribution in [0.4, 0.5) is 4.79 Å². The second kappa shape index (κ2) is 6.23. The van der Waals surface area contributed by atoms with Crippen molar-refractivity contribution in [2.75, 3.05) is 6.54 Å². The van der Waals surface area contributed by atoms with E-state index in [1.54, 1.807) is 13.8 Å². The number of carbonyl (C=O) groups excluding carboxylic acids is 1. The molecule has 3 N–H and O–H groups in total. The van der Waals surface area contributed by atoms with Crippen LogP contribution in [0.1, 0.15) is 40.5 Å². The SMILES string of the molecule is CC(C)C(NC(=O)NCC1CCC(C)(C)O1)C(=O)O. The zero-order chi connectivity index (χ0) is 14.6. The van der Waals surface area contributed by atoms with Gasteiger partial charge in [0.2, 0.25) is 0 Å². The van der Waals surface area contributed by atoms with Gasteiger partial charge in [-0.15, -0.1) is 0 Å². The normalized spacial score (nSPS) is 23.1. The van der Waals surface area contributed by atoms with E-state index in [1.807, 2.05) is 13.8 Å². The summed E-state index contributed by atoms with van der Waals surface area (Å²) in [7, 11) is 0. The summed E-state index contributed by atoms with van der Waals surface area (Å²) >= 11 is 0. The van der Waals surface area contributed by atoms with Crippen molar-refractivity contribution in [1.29, 1.82) is 0 Å². The van der Waals surface area contributed by atoms with E-state index in [4.69, 9.17) is 9.84 Å². The summed E-state index contributed by atoms with van der Waals surface area (Å²) in [6.07, 6.45) is 1.87. The van der Waals surface area contributed by atoms with Crippen LogP contribution in [0.3, 0.4) is 0 Å². The summed E-state index contributed by atoms with van der Waals surface area (Å²) in [6.45, 7) is 7.95. The molecule has 1 saturated heterocycles. The maximum Gasteiger partial charge on any atom is 0.326 e. The standard InChI is InChI=1S/C13H24N2O4/c1-8(2)10(11(16)17)15-12(18)14-7-9-5-6-13(3,4)19-9/h8-10H,5-7H2,1-4H3,(H,16,17)(H2,14,15,18). The predicted molar refractivity (Wildman–Crippen MR) is 71.0 cm³/mol. The molecular formula is C13H24N2O4. The van der Waals surface area contributed by atoms with Crippen molar-refractivity contribution in [3.63, 3.8) is 0 Å². The molecule has 1 rings (SSSR count). The lowest BCUT2D eigenvalue weighted by Gasteiger charge is -2.21. The van der Waals surface area contributed by atoms with E-state index in [1.165, 1.54) is 0 Å². The van der Waals surface area contributed by atoms with Crippen molar-refractivity contribution < 1.29 is 19.4 Å². The number of carbonyl (C=O) groups is 2. The minimum Gasteiger partial charge on any atom is -0.480 e. The molecule has 0 aromatic rings. The van der Waals surface area contributed by atoms with Crippen LogP contribution in [0, 0.1) is 5.92 Å². The first-order valence-corrected chi connectivity index (χ1v) is 6.66. The third-order valence-electron chi connectivity index (χ3n) is 3.26. The van der Waals surface area contributed by atoms with E-state index in [2.05, 4.69) is 10.6 Å². The highest BCUT2D eigenvalue weighted by Gasteiger charge is 2.32. The first-order chi connectivity index (χ1) is 8.71. The molecule has 1 fully saturated rings. The van der Waals surface area contributed by atoms with Crippen molar-refractivity contribution in [3.8, 4) is 0 Å². The first-order valence-electron chi connectivity index (χ1n) is 6.66. The van der Waals surface area contributed by atoms with Crippen molar-refractivity contribution in [1.82, 2.24) is 10.6 Å². The van der Waals surface area contributed by atoms with E-state index in [-0.39, 0.29) is 17.6 Å². The van der Waals surface area contributed by atoms with Crippen LogP contribution >= 0.6 is 0 Å². The van der Waals surface area contributed by atoms with Gasteiger partial charge in [0.15, 0.2) is 0 Å². The first kappa shape index (κ1) is 15.8. The Kier molecular flexibility index (Phi) is 5.17. The number of carboxylic acid groups (broad SMARTS) is 1. The molecule has 0 aromatic heterocycles. The Bertz CT molecular complexity index is 342. The lowest BCUT2D eigenvalue weighted by molar-refractivity contribution is -0.140. The third-order valence-corrected chi connectivity index (χ3v) is 3.26. The summed E-state index contributed by atoms with van der Waals surface area (Å²) in [6, 6.07) is -1.34. The van der Waals surface area contributed by atoms with Crippen LogP contribution in [0.2, 0.25) is 0 Å². The van der Waals surface area contributed by atoms with Gasteiger partial charge in [-0.25, -0.2) is 9.59 Å². The highest BCUT2D eigenvalue weighted by atomic mass is 16.5. The molecule has 0 spiro atoms. The average molecular weight is 272 g/mol. The van der Waals surface area contributed by atoms with Gasteiger partial charge in [0.05, 0.1) is 11.7 Å². The smallest absolute Gasteiger partial charge is 0.326 e. The molecule has 0 saturated carbocycles. The Labute approximate surface area is 113 Å². The molecule has 110 valence electrons. The summed E-state index contributed by atoms with van der Waals surface area (Å²) in [5, 5.41) is 14.1. The summed E-state index contributed by atoms with van der Waals surface area (Å²) < 4.78 is 5.74. The fourth-order valence-electron chi connectivity index (χ4n) is 2.13. The van der Waals surface area contributed by atoms with E-state index in [0.717, 1.165) is 12.8 Å². The van der Waals surface area contributed by atoms with Crippen LogP contribution < -0.4 is 10.6 Å². The van der Waals surface area contributed by atoms with Crippen LogP contribution in [0.5, 0.6) is 0 Å². The molecular weight excluding hydrogens is 248 g/mol. The second-order valence-electron chi connectivity index (χ2n) is 5.95. The molecule has 1 heterocycles. The van der Waals surface area contributed by atoms with Crippen LogP contribution in [-0.2, 0) is 9.53 Å². The Hall–Kier alpha value is -1.30. The minimum absolute atomic E-state index is 0.00285. The monoisotopic (exact) mass is 272 g/mol. The topological polar surface area (TPSA) is 87.7 Å². The van der Waals surface area contributed by atoms with Crippen LogP contribution in [0.25, 0.3) is 0 Å². The summed E-state index contributed by atoms with van der Waals surface area (Å²) in [5.41, 5.74) is -0.135. The molecule has 19 heavy (non-hydrogen) atoms. The number of hydrogen-bond donors (Lipinski definition) is 3. The highest BCUT2D eigenvalue weighted by Crippen LogP contribution is 2.28. The average Bonchev–Trinajstić information content (AvgIpc) is 2.62. The number of urea groups is 1. The van der Waals surface area contributed by atoms with E-state index < -0.39 is 18.0 Å². The van der Waals surface area contributed by atoms with Gasteiger partial charge in [0, 0.05) is 6.54 Å².